The van der Waals surface area contributed by atoms with Gasteiger partial charge in [-0.1, -0.05) is 53.6 Å². The van der Waals surface area contributed by atoms with Crippen LogP contribution >= 0.6 is 22.8 Å². The second-order valence-electron chi connectivity index (χ2n) is 3.72. The molecule has 0 N–H and O–H groups in total. The standard InChI is InChI=1S/C11H16BrP/c1-9(2)7-10-3-5-11(6-4-10)8-13-12/h3-6,9,13H,7-8H2,1-2H3. The van der Waals surface area contributed by atoms with Gasteiger partial charge in [-0.15, -0.1) is 0 Å². The van der Waals surface area contributed by atoms with Crippen molar-refractivity contribution in [3.05, 3.63) is 35.4 Å². The third-order valence-corrected chi connectivity index (χ3v) is 3.32. The Balaban J connectivity index is 2.59. The fourth-order valence-electron chi connectivity index (χ4n) is 1.34. The summed E-state index contributed by atoms with van der Waals surface area (Å²) in [5, 5.41) is 0. The van der Waals surface area contributed by atoms with E-state index < -0.39 is 0 Å². The van der Waals surface area contributed by atoms with E-state index in [-0.39, 0.29) is 0 Å². The number of hydrogen-bond donors (Lipinski definition) is 0. The molecule has 1 aromatic carbocycles. The first-order valence-corrected chi connectivity index (χ1v) is 8.10. The Morgan fingerprint density at radius 2 is 1.69 bits per heavy atom. The highest BCUT2D eigenvalue weighted by Crippen LogP contribution is 2.25. The fourth-order valence-corrected chi connectivity index (χ4v) is 2.70. The molecule has 0 aliphatic heterocycles. The van der Waals surface area contributed by atoms with Gasteiger partial charge >= 0.3 is 0 Å². The van der Waals surface area contributed by atoms with Crippen LogP contribution in [0.4, 0.5) is 0 Å². The van der Waals surface area contributed by atoms with Gasteiger partial charge in [-0.25, -0.2) is 0 Å². The van der Waals surface area contributed by atoms with E-state index in [1.165, 1.54) is 17.5 Å². The summed E-state index contributed by atoms with van der Waals surface area (Å²) >= 11 is 3.47. The zero-order valence-corrected chi connectivity index (χ0v) is 10.8. The lowest BCUT2D eigenvalue weighted by molar-refractivity contribution is 0.647. The van der Waals surface area contributed by atoms with Crippen molar-refractivity contribution in [1.82, 2.24) is 0 Å². The van der Waals surface area contributed by atoms with E-state index >= 15 is 0 Å². The molecule has 0 aliphatic carbocycles. The van der Waals surface area contributed by atoms with Crippen LogP contribution in [-0.2, 0) is 12.6 Å². The molecule has 72 valence electrons. The summed E-state index contributed by atoms with van der Waals surface area (Å²) < 4.78 is 0. The maximum Gasteiger partial charge on any atom is -0.000202 e. The van der Waals surface area contributed by atoms with E-state index in [9.17, 15) is 0 Å². The molecule has 1 unspecified atom stereocenters. The highest BCUT2D eigenvalue weighted by molar-refractivity contribution is 9.36. The number of benzene rings is 1. The Hall–Kier alpha value is 0.130. The lowest BCUT2D eigenvalue weighted by atomic mass is 10.0. The number of hydrogen-bond acceptors (Lipinski definition) is 0. The van der Waals surface area contributed by atoms with E-state index in [0.717, 1.165) is 19.4 Å². The highest BCUT2D eigenvalue weighted by atomic mass is 79.9. The molecule has 0 fully saturated rings. The van der Waals surface area contributed by atoms with Crippen molar-refractivity contribution in [3.63, 3.8) is 0 Å². The Bertz CT molecular complexity index is 241. The van der Waals surface area contributed by atoms with Crippen molar-refractivity contribution < 1.29 is 0 Å². The van der Waals surface area contributed by atoms with E-state index in [0.29, 0.717) is 0 Å². The summed E-state index contributed by atoms with van der Waals surface area (Å²) in [7, 11) is 0.840. The lowest BCUT2D eigenvalue weighted by Crippen LogP contribution is -1.93. The molecule has 1 atom stereocenters. The highest BCUT2D eigenvalue weighted by Gasteiger charge is 1.97. The van der Waals surface area contributed by atoms with Crippen molar-refractivity contribution in [3.8, 4) is 0 Å². The zero-order chi connectivity index (χ0) is 9.68. The quantitative estimate of drug-likeness (QED) is 0.704. The second kappa shape index (κ2) is 5.78. The molecule has 0 radical (unpaired) electrons. The molecule has 0 aromatic heterocycles. The van der Waals surface area contributed by atoms with Crippen LogP contribution in [-0.4, -0.2) is 0 Å². The average Bonchev–Trinajstić information content (AvgIpc) is 2.08. The van der Waals surface area contributed by atoms with Crippen molar-refractivity contribution in [2.24, 2.45) is 5.92 Å². The van der Waals surface area contributed by atoms with Crippen molar-refractivity contribution >= 4 is 22.8 Å². The molecule has 0 saturated heterocycles. The van der Waals surface area contributed by atoms with Crippen LogP contribution in [0.1, 0.15) is 25.0 Å². The Kier molecular flexibility index (Phi) is 4.98. The van der Waals surface area contributed by atoms with Crippen LogP contribution in [0.2, 0.25) is 0 Å². The second-order valence-corrected chi connectivity index (χ2v) is 6.03. The first-order chi connectivity index (χ1) is 6.22. The van der Waals surface area contributed by atoms with E-state index in [1.807, 2.05) is 0 Å². The molecule has 0 nitrogen and oxygen atoms in total. The monoisotopic (exact) mass is 258 g/mol. The van der Waals surface area contributed by atoms with Gasteiger partial charge in [0, 0.05) is 0 Å². The molecule has 1 aromatic rings. The van der Waals surface area contributed by atoms with E-state index in [4.69, 9.17) is 0 Å². The Labute approximate surface area is 90.6 Å². The van der Waals surface area contributed by atoms with Gasteiger partial charge < -0.3 is 0 Å². The zero-order valence-electron chi connectivity index (χ0n) is 8.18. The van der Waals surface area contributed by atoms with Gasteiger partial charge in [0.05, 0.1) is 0 Å². The minimum atomic E-state index is 0.754. The largest absolute Gasteiger partial charge is 0.0639 e. The maximum atomic E-state index is 3.47. The molecule has 1 rings (SSSR count). The SMILES string of the molecule is CC(C)Cc1ccc(CPBr)cc1. The first-order valence-electron chi connectivity index (χ1n) is 4.63. The van der Waals surface area contributed by atoms with Crippen LogP contribution < -0.4 is 0 Å². The van der Waals surface area contributed by atoms with Gasteiger partial charge in [-0.05, 0) is 36.9 Å². The Morgan fingerprint density at radius 1 is 1.15 bits per heavy atom. The minimum Gasteiger partial charge on any atom is -0.0639 e. The molecule has 13 heavy (non-hydrogen) atoms. The molecule has 0 aliphatic rings. The van der Waals surface area contributed by atoms with Crippen LogP contribution in [0.5, 0.6) is 0 Å². The van der Waals surface area contributed by atoms with Gasteiger partial charge in [0.1, 0.15) is 0 Å². The Morgan fingerprint density at radius 3 is 2.15 bits per heavy atom. The minimum absolute atomic E-state index is 0.754. The van der Waals surface area contributed by atoms with Gasteiger partial charge in [-0.3, -0.25) is 0 Å². The summed E-state index contributed by atoms with van der Waals surface area (Å²) in [5.74, 6) is 0.754. The summed E-state index contributed by atoms with van der Waals surface area (Å²) in [6.07, 6.45) is 2.35. The fraction of sp³-hybridized carbons (Fsp3) is 0.455. The molecule has 0 spiro atoms. The van der Waals surface area contributed by atoms with Crippen molar-refractivity contribution in [2.75, 3.05) is 0 Å². The summed E-state index contributed by atoms with van der Waals surface area (Å²) in [5.41, 5.74) is 2.89. The van der Waals surface area contributed by atoms with Crippen LogP contribution in [0.3, 0.4) is 0 Å². The van der Waals surface area contributed by atoms with Crippen LogP contribution in [0.15, 0.2) is 24.3 Å². The third kappa shape index (κ3) is 4.24. The van der Waals surface area contributed by atoms with Crippen molar-refractivity contribution in [1.29, 1.82) is 0 Å². The first kappa shape index (κ1) is 11.2. The van der Waals surface area contributed by atoms with Gasteiger partial charge in [0.2, 0.25) is 0 Å². The number of halogens is 1. The van der Waals surface area contributed by atoms with Crippen LogP contribution in [0, 0.1) is 5.92 Å². The predicted molar refractivity (Wildman–Crippen MR) is 65.9 cm³/mol. The molecule has 0 saturated carbocycles. The predicted octanol–water partition coefficient (Wildman–Crippen LogP) is 4.37. The van der Waals surface area contributed by atoms with Gasteiger partial charge in [-0.2, -0.15) is 0 Å². The number of rotatable bonds is 4. The van der Waals surface area contributed by atoms with Crippen LogP contribution in [0.25, 0.3) is 0 Å². The average molecular weight is 259 g/mol. The topological polar surface area (TPSA) is 0 Å². The molecule has 0 amide bonds. The summed E-state index contributed by atoms with van der Waals surface area (Å²) in [4.78, 5) is 0. The van der Waals surface area contributed by atoms with Crippen molar-refractivity contribution in [2.45, 2.75) is 26.4 Å². The lowest BCUT2D eigenvalue weighted by Gasteiger charge is -2.05. The molecule has 0 bridgehead atoms. The smallest absolute Gasteiger partial charge is 0.000202 e. The molecular formula is C11H16BrP. The van der Waals surface area contributed by atoms with Gasteiger partial charge in [0.25, 0.3) is 0 Å². The molecular weight excluding hydrogens is 243 g/mol. The molecule has 0 heterocycles. The molecule has 2 heteroatoms. The maximum absolute atomic E-state index is 3.47. The van der Waals surface area contributed by atoms with E-state index in [2.05, 4.69) is 53.6 Å². The summed E-state index contributed by atoms with van der Waals surface area (Å²) in [6.45, 7) is 4.52. The van der Waals surface area contributed by atoms with E-state index in [1.54, 1.807) is 0 Å². The van der Waals surface area contributed by atoms with Gasteiger partial charge in [0.15, 0.2) is 0 Å². The summed E-state index contributed by atoms with van der Waals surface area (Å²) in [6, 6.07) is 8.99. The normalized spacial score (nSPS) is 11.7. The third-order valence-electron chi connectivity index (χ3n) is 1.94.